The molecule has 0 heterocycles. The molecule has 100 valence electrons. The molecule has 0 aromatic heterocycles. The van der Waals surface area contributed by atoms with Gasteiger partial charge in [0.05, 0.1) is 4.92 Å². The number of hydrogen-bond donors (Lipinski definition) is 1. The molecule has 0 aliphatic carbocycles. The lowest BCUT2D eigenvalue weighted by Gasteiger charge is -2.13. The van der Waals surface area contributed by atoms with Crippen molar-refractivity contribution in [1.29, 1.82) is 0 Å². The zero-order valence-corrected chi connectivity index (χ0v) is 10.7. The van der Waals surface area contributed by atoms with Crippen molar-refractivity contribution in [3.05, 3.63) is 39.7 Å². The van der Waals surface area contributed by atoms with Crippen LogP contribution in [0, 0.1) is 21.8 Å². The van der Waals surface area contributed by atoms with Crippen LogP contribution in [0.5, 0.6) is 0 Å². The van der Waals surface area contributed by atoms with E-state index in [0.717, 1.165) is 6.42 Å². The molecule has 0 fully saturated rings. The van der Waals surface area contributed by atoms with E-state index in [1.807, 2.05) is 0 Å². The largest absolute Gasteiger partial charge is 0.328 e. The average molecular weight is 254 g/mol. The van der Waals surface area contributed by atoms with Crippen LogP contribution in [0.1, 0.15) is 32.3 Å². The highest BCUT2D eigenvalue weighted by atomic mass is 19.1. The van der Waals surface area contributed by atoms with Crippen molar-refractivity contribution >= 4 is 5.69 Å². The lowest BCUT2D eigenvalue weighted by Crippen LogP contribution is -2.22. The minimum atomic E-state index is -0.737. The first kappa shape index (κ1) is 14.6. The molecule has 1 aromatic carbocycles. The maximum atomic E-state index is 13.8. The average Bonchev–Trinajstić information content (AvgIpc) is 2.26. The number of rotatable bonds is 6. The molecule has 0 amide bonds. The van der Waals surface area contributed by atoms with E-state index in [0.29, 0.717) is 24.3 Å². The molecule has 1 rings (SSSR count). The van der Waals surface area contributed by atoms with Gasteiger partial charge in [-0.15, -0.1) is 0 Å². The predicted molar refractivity (Wildman–Crippen MR) is 68.8 cm³/mol. The Kier molecular flexibility index (Phi) is 5.22. The van der Waals surface area contributed by atoms with E-state index in [1.165, 1.54) is 12.1 Å². The molecule has 0 spiro atoms. The number of nitrogens with zero attached hydrogens (tertiary/aromatic N) is 1. The number of aryl methyl sites for hydroxylation is 1. The van der Waals surface area contributed by atoms with Crippen LogP contribution < -0.4 is 5.73 Å². The van der Waals surface area contributed by atoms with Crippen LogP contribution in [0.15, 0.2) is 18.2 Å². The minimum absolute atomic E-state index is 0.00339. The summed E-state index contributed by atoms with van der Waals surface area (Å²) in [5.74, 6) is -0.241. The molecule has 0 saturated heterocycles. The van der Waals surface area contributed by atoms with Gasteiger partial charge in [-0.2, -0.15) is 4.39 Å². The fourth-order valence-electron chi connectivity index (χ4n) is 1.96. The van der Waals surface area contributed by atoms with Gasteiger partial charge in [0.15, 0.2) is 0 Å². The molecule has 5 heteroatoms. The van der Waals surface area contributed by atoms with Gasteiger partial charge in [0, 0.05) is 12.1 Å². The van der Waals surface area contributed by atoms with Crippen molar-refractivity contribution < 1.29 is 9.31 Å². The van der Waals surface area contributed by atoms with E-state index in [2.05, 4.69) is 13.8 Å². The fourth-order valence-corrected chi connectivity index (χ4v) is 1.96. The Balaban J connectivity index is 2.68. The third-order valence-electron chi connectivity index (χ3n) is 2.81. The molecule has 0 bridgehead atoms. The van der Waals surface area contributed by atoms with Gasteiger partial charge >= 0.3 is 5.69 Å². The van der Waals surface area contributed by atoms with Crippen molar-refractivity contribution in [2.75, 3.05) is 0 Å². The quantitative estimate of drug-likeness (QED) is 0.626. The van der Waals surface area contributed by atoms with Gasteiger partial charge in [-0.3, -0.25) is 10.1 Å². The van der Waals surface area contributed by atoms with Gasteiger partial charge in [-0.05, 0) is 30.7 Å². The van der Waals surface area contributed by atoms with Crippen molar-refractivity contribution in [2.45, 2.75) is 39.2 Å². The van der Waals surface area contributed by atoms with Gasteiger partial charge in [0.25, 0.3) is 0 Å². The lowest BCUT2D eigenvalue weighted by atomic mass is 9.98. The molecule has 1 aromatic rings. The summed E-state index contributed by atoms with van der Waals surface area (Å²) in [5.41, 5.74) is 5.81. The van der Waals surface area contributed by atoms with Crippen molar-refractivity contribution in [1.82, 2.24) is 0 Å². The summed E-state index contributed by atoms with van der Waals surface area (Å²) in [7, 11) is 0. The molecular weight excluding hydrogens is 235 g/mol. The van der Waals surface area contributed by atoms with Crippen LogP contribution in [-0.4, -0.2) is 11.0 Å². The first-order chi connectivity index (χ1) is 8.41. The van der Waals surface area contributed by atoms with Crippen LogP contribution in [0.3, 0.4) is 0 Å². The molecule has 2 N–H and O–H groups in total. The van der Waals surface area contributed by atoms with E-state index in [9.17, 15) is 14.5 Å². The van der Waals surface area contributed by atoms with E-state index >= 15 is 0 Å². The van der Waals surface area contributed by atoms with Gasteiger partial charge in [-0.1, -0.05) is 26.0 Å². The maximum Gasteiger partial charge on any atom is 0.305 e. The highest BCUT2D eigenvalue weighted by Gasteiger charge is 2.17. The second kappa shape index (κ2) is 6.44. The number of nitro benzene ring substituents is 1. The highest BCUT2D eigenvalue weighted by molar-refractivity contribution is 5.36. The Morgan fingerprint density at radius 3 is 2.67 bits per heavy atom. The third-order valence-corrected chi connectivity index (χ3v) is 2.81. The normalized spacial score (nSPS) is 12.7. The predicted octanol–water partition coefficient (Wildman–Crippen LogP) is 3.04. The monoisotopic (exact) mass is 254 g/mol. The van der Waals surface area contributed by atoms with Crippen molar-refractivity contribution in [3.63, 3.8) is 0 Å². The van der Waals surface area contributed by atoms with Gasteiger partial charge < -0.3 is 5.73 Å². The smallest absolute Gasteiger partial charge is 0.305 e. The molecule has 0 aliphatic rings. The fraction of sp³-hybridized carbons (Fsp3) is 0.538. The number of halogens is 1. The first-order valence-electron chi connectivity index (χ1n) is 6.09. The van der Waals surface area contributed by atoms with Gasteiger partial charge in [-0.25, -0.2) is 0 Å². The molecule has 0 radical (unpaired) electrons. The Morgan fingerprint density at radius 1 is 1.44 bits per heavy atom. The Labute approximate surface area is 106 Å². The lowest BCUT2D eigenvalue weighted by molar-refractivity contribution is -0.387. The third kappa shape index (κ3) is 4.07. The van der Waals surface area contributed by atoms with Crippen molar-refractivity contribution in [2.24, 2.45) is 11.7 Å². The SMILES string of the molecule is CC(C)CC(N)CCc1cccc([N+](=O)[O-])c1F. The Hall–Kier alpha value is -1.49. The number of nitrogens with two attached hydrogens (primary N) is 1. The standard InChI is InChI=1S/C13H19FN2O2/c1-9(2)8-11(15)7-6-10-4-3-5-12(13(10)14)16(17)18/h3-5,9,11H,6-8,15H2,1-2H3. The zero-order chi connectivity index (χ0) is 13.7. The Morgan fingerprint density at radius 2 is 2.11 bits per heavy atom. The van der Waals surface area contributed by atoms with Crippen LogP contribution in [0.2, 0.25) is 0 Å². The molecule has 0 aliphatic heterocycles. The van der Waals surface area contributed by atoms with E-state index in [-0.39, 0.29) is 6.04 Å². The molecule has 4 nitrogen and oxygen atoms in total. The van der Waals surface area contributed by atoms with Crippen LogP contribution in [0.4, 0.5) is 10.1 Å². The second-order valence-electron chi connectivity index (χ2n) is 4.94. The topological polar surface area (TPSA) is 69.2 Å². The number of nitro groups is 1. The summed E-state index contributed by atoms with van der Waals surface area (Å²) >= 11 is 0. The molecule has 1 unspecified atom stereocenters. The summed E-state index contributed by atoms with van der Waals surface area (Å²) in [6.45, 7) is 4.15. The highest BCUT2D eigenvalue weighted by Crippen LogP contribution is 2.21. The molecule has 0 saturated carbocycles. The summed E-state index contributed by atoms with van der Waals surface area (Å²) < 4.78 is 13.8. The molecular formula is C13H19FN2O2. The summed E-state index contributed by atoms with van der Waals surface area (Å²) in [4.78, 5) is 9.90. The van der Waals surface area contributed by atoms with Crippen molar-refractivity contribution in [3.8, 4) is 0 Å². The van der Waals surface area contributed by atoms with Crippen LogP contribution in [-0.2, 0) is 6.42 Å². The zero-order valence-electron chi connectivity index (χ0n) is 10.7. The number of hydrogen-bond acceptors (Lipinski definition) is 3. The summed E-state index contributed by atoms with van der Waals surface area (Å²) in [6.07, 6.45) is 1.94. The van der Waals surface area contributed by atoms with Crippen LogP contribution >= 0.6 is 0 Å². The minimum Gasteiger partial charge on any atom is -0.328 e. The Bertz CT molecular complexity index is 421. The first-order valence-corrected chi connectivity index (χ1v) is 6.09. The van der Waals surface area contributed by atoms with Crippen LogP contribution in [0.25, 0.3) is 0 Å². The summed E-state index contributed by atoms with van der Waals surface area (Å²) in [6, 6.07) is 4.26. The summed E-state index contributed by atoms with van der Waals surface area (Å²) in [5, 5.41) is 10.6. The van der Waals surface area contributed by atoms with E-state index < -0.39 is 16.4 Å². The second-order valence-corrected chi connectivity index (χ2v) is 4.94. The maximum absolute atomic E-state index is 13.8. The molecule has 1 atom stereocenters. The number of benzene rings is 1. The van der Waals surface area contributed by atoms with Gasteiger partial charge in [0.2, 0.25) is 5.82 Å². The van der Waals surface area contributed by atoms with Gasteiger partial charge in [0.1, 0.15) is 0 Å². The molecule has 18 heavy (non-hydrogen) atoms. The van der Waals surface area contributed by atoms with E-state index in [4.69, 9.17) is 5.73 Å². The van der Waals surface area contributed by atoms with E-state index in [1.54, 1.807) is 6.07 Å².